The van der Waals surface area contributed by atoms with Crippen LogP contribution in [0.15, 0.2) is 30.3 Å². The first-order chi connectivity index (χ1) is 8.72. The molecule has 0 radical (unpaired) electrons. The van der Waals surface area contributed by atoms with Gasteiger partial charge in [-0.1, -0.05) is 52.7 Å². The maximum Gasteiger partial charge on any atom is 0.233 e. The molecule has 0 bridgehead atoms. The zero-order valence-corrected chi connectivity index (χ0v) is 12.4. The molecule has 1 fully saturated rings. The smallest absolute Gasteiger partial charge is 0.233 e. The molecule has 2 rings (SSSR count). The summed E-state index contributed by atoms with van der Waals surface area (Å²) < 4.78 is 0. The fraction of sp³-hybridized carbons (Fsp3) is 0.533. The van der Waals surface area contributed by atoms with Crippen LogP contribution >= 0.6 is 15.9 Å². The van der Waals surface area contributed by atoms with E-state index in [-0.39, 0.29) is 5.91 Å². The molecule has 1 amide bonds. The average molecular weight is 310 g/mol. The highest BCUT2D eigenvalue weighted by Crippen LogP contribution is 2.32. The second-order valence-electron chi connectivity index (χ2n) is 5.07. The van der Waals surface area contributed by atoms with Crippen molar-refractivity contribution in [2.45, 2.75) is 38.8 Å². The van der Waals surface area contributed by atoms with Gasteiger partial charge in [0, 0.05) is 12.6 Å². The van der Waals surface area contributed by atoms with Gasteiger partial charge in [-0.15, -0.1) is 0 Å². The van der Waals surface area contributed by atoms with E-state index in [4.69, 9.17) is 0 Å². The van der Waals surface area contributed by atoms with Gasteiger partial charge in [0.15, 0.2) is 0 Å². The molecule has 1 aromatic carbocycles. The zero-order valence-electron chi connectivity index (χ0n) is 10.8. The van der Waals surface area contributed by atoms with E-state index < -0.39 is 0 Å². The molecule has 0 N–H and O–H groups in total. The second-order valence-corrected chi connectivity index (χ2v) is 5.63. The topological polar surface area (TPSA) is 20.3 Å². The maximum absolute atomic E-state index is 12.1. The van der Waals surface area contributed by atoms with Crippen molar-refractivity contribution in [2.75, 3.05) is 5.33 Å². The Hall–Kier alpha value is -0.830. The lowest BCUT2D eigenvalue weighted by Crippen LogP contribution is -2.44. The van der Waals surface area contributed by atoms with E-state index in [0.717, 1.165) is 6.54 Å². The third-order valence-corrected chi connectivity index (χ3v) is 4.43. The predicted octanol–water partition coefficient (Wildman–Crippen LogP) is 3.60. The summed E-state index contributed by atoms with van der Waals surface area (Å²) in [6.45, 7) is 2.91. The Morgan fingerprint density at radius 2 is 2.06 bits per heavy atom. The number of hydrogen-bond acceptors (Lipinski definition) is 1. The molecule has 0 heterocycles. The minimum Gasteiger partial charge on any atom is -0.335 e. The van der Waals surface area contributed by atoms with Crippen LogP contribution in [0.25, 0.3) is 0 Å². The van der Waals surface area contributed by atoms with E-state index in [2.05, 4.69) is 35.0 Å². The number of carbonyl (C=O) groups is 1. The number of carbonyl (C=O) groups excluding carboxylic acids is 1. The lowest BCUT2D eigenvalue weighted by Gasteiger charge is -2.39. The van der Waals surface area contributed by atoms with Gasteiger partial charge in [0.05, 0.1) is 5.33 Å². The summed E-state index contributed by atoms with van der Waals surface area (Å²) in [5.41, 5.74) is 1.21. The number of amides is 1. The van der Waals surface area contributed by atoms with Crippen LogP contribution in [0.3, 0.4) is 0 Å². The van der Waals surface area contributed by atoms with Crippen molar-refractivity contribution < 1.29 is 4.79 Å². The van der Waals surface area contributed by atoms with E-state index >= 15 is 0 Å². The Balaban J connectivity index is 2.07. The lowest BCUT2D eigenvalue weighted by molar-refractivity contribution is -0.132. The quantitative estimate of drug-likeness (QED) is 0.761. The maximum atomic E-state index is 12.1. The molecule has 1 aliphatic carbocycles. The highest BCUT2D eigenvalue weighted by atomic mass is 79.9. The van der Waals surface area contributed by atoms with Crippen LogP contribution in [-0.2, 0) is 11.3 Å². The van der Waals surface area contributed by atoms with Crippen LogP contribution in [0.1, 0.15) is 31.7 Å². The van der Waals surface area contributed by atoms with Gasteiger partial charge in [0.25, 0.3) is 0 Å². The SMILES string of the molecule is C[C@H](C1CCC1)N(Cc1ccccc1)C(=O)CBr. The number of alkyl halides is 1. The molecule has 0 unspecified atom stereocenters. The fourth-order valence-corrected chi connectivity index (χ4v) is 2.81. The summed E-state index contributed by atoms with van der Waals surface area (Å²) in [4.78, 5) is 14.1. The summed E-state index contributed by atoms with van der Waals surface area (Å²) in [6.07, 6.45) is 3.85. The zero-order chi connectivity index (χ0) is 13.0. The number of halogens is 1. The van der Waals surface area contributed by atoms with E-state index in [1.807, 2.05) is 23.1 Å². The highest BCUT2D eigenvalue weighted by molar-refractivity contribution is 9.09. The van der Waals surface area contributed by atoms with Crippen LogP contribution in [0.4, 0.5) is 0 Å². The molecule has 1 aromatic rings. The minimum absolute atomic E-state index is 0.193. The summed E-state index contributed by atoms with van der Waals surface area (Å²) in [6, 6.07) is 10.6. The molecule has 1 atom stereocenters. The predicted molar refractivity (Wildman–Crippen MR) is 77.6 cm³/mol. The summed E-state index contributed by atoms with van der Waals surface area (Å²) in [5, 5.41) is 0.414. The van der Waals surface area contributed by atoms with Gasteiger partial charge in [0.2, 0.25) is 5.91 Å². The molecule has 0 aliphatic heterocycles. The van der Waals surface area contributed by atoms with Crippen molar-refractivity contribution in [1.82, 2.24) is 4.90 Å². The van der Waals surface area contributed by atoms with Crippen molar-refractivity contribution in [1.29, 1.82) is 0 Å². The molecule has 3 heteroatoms. The number of rotatable bonds is 5. The van der Waals surface area contributed by atoms with E-state index in [0.29, 0.717) is 17.3 Å². The summed E-state index contributed by atoms with van der Waals surface area (Å²) in [7, 11) is 0. The fourth-order valence-electron chi connectivity index (χ4n) is 2.49. The molecule has 0 aromatic heterocycles. The highest BCUT2D eigenvalue weighted by Gasteiger charge is 2.30. The van der Waals surface area contributed by atoms with Crippen LogP contribution in [0, 0.1) is 5.92 Å². The van der Waals surface area contributed by atoms with Gasteiger partial charge < -0.3 is 4.90 Å². The molecular weight excluding hydrogens is 290 g/mol. The van der Waals surface area contributed by atoms with Crippen molar-refractivity contribution in [3.63, 3.8) is 0 Å². The Labute approximate surface area is 117 Å². The van der Waals surface area contributed by atoms with Gasteiger partial charge in [-0.05, 0) is 31.2 Å². The molecule has 1 saturated carbocycles. The average Bonchev–Trinajstić information content (AvgIpc) is 2.34. The first-order valence-electron chi connectivity index (χ1n) is 6.61. The standard InChI is InChI=1S/C15H20BrNO/c1-12(14-8-5-9-14)17(15(18)10-16)11-13-6-3-2-4-7-13/h2-4,6-7,12,14H,5,8-11H2,1H3/t12-/m1/s1. The van der Waals surface area contributed by atoms with Gasteiger partial charge in [-0.25, -0.2) is 0 Å². The summed E-state index contributed by atoms with van der Waals surface area (Å²) >= 11 is 3.29. The molecule has 0 spiro atoms. The van der Waals surface area contributed by atoms with Crippen LogP contribution in [0.2, 0.25) is 0 Å². The molecular formula is C15H20BrNO. The molecule has 18 heavy (non-hydrogen) atoms. The lowest BCUT2D eigenvalue weighted by atomic mass is 9.79. The Morgan fingerprint density at radius 1 is 1.39 bits per heavy atom. The van der Waals surface area contributed by atoms with Crippen molar-refractivity contribution in [2.24, 2.45) is 5.92 Å². The Kier molecular flexibility index (Phi) is 4.81. The van der Waals surface area contributed by atoms with Crippen LogP contribution in [0.5, 0.6) is 0 Å². The van der Waals surface area contributed by atoms with Gasteiger partial charge in [-0.3, -0.25) is 4.79 Å². The third-order valence-electron chi connectivity index (χ3n) is 3.95. The first kappa shape index (κ1) is 13.6. The van der Waals surface area contributed by atoms with Crippen LogP contribution in [-0.4, -0.2) is 22.2 Å². The molecule has 98 valence electrons. The van der Waals surface area contributed by atoms with Gasteiger partial charge in [0.1, 0.15) is 0 Å². The number of hydrogen-bond donors (Lipinski definition) is 0. The molecule has 2 nitrogen and oxygen atoms in total. The van der Waals surface area contributed by atoms with Crippen molar-refractivity contribution >= 4 is 21.8 Å². The third kappa shape index (κ3) is 3.14. The van der Waals surface area contributed by atoms with Gasteiger partial charge >= 0.3 is 0 Å². The number of nitrogens with zero attached hydrogens (tertiary/aromatic N) is 1. The second kappa shape index (κ2) is 6.37. The first-order valence-corrected chi connectivity index (χ1v) is 7.74. The van der Waals surface area contributed by atoms with Crippen molar-refractivity contribution in [3.05, 3.63) is 35.9 Å². The van der Waals surface area contributed by atoms with E-state index in [9.17, 15) is 4.79 Å². The van der Waals surface area contributed by atoms with E-state index in [1.54, 1.807) is 0 Å². The normalized spacial score (nSPS) is 17.0. The van der Waals surface area contributed by atoms with Crippen molar-refractivity contribution in [3.8, 4) is 0 Å². The molecule has 0 saturated heterocycles. The Bertz CT molecular complexity index is 389. The van der Waals surface area contributed by atoms with Crippen LogP contribution < -0.4 is 0 Å². The van der Waals surface area contributed by atoms with E-state index in [1.165, 1.54) is 24.8 Å². The Morgan fingerprint density at radius 3 is 2.56 bits per heavy atom. The minimum atomic E-state index is 0.193. The largest absolute Gasteiger partial charge is 0.335 e. The van der Waals surface area contributed by atoms with Gasteiger partial charge in [-0.2, -0.15) is 0 Å². The monoisotopic (exact) mass is 309 g/mol. The number of benzene rings is 1. The molecule has 1 aliphatic rings. The summed E-state index contributed by atoms with van der Waals surface area (Å²) in [5.74, 6) is 0.884.